The Morgan fingerprint density at radius 3 is 3.00 bits per heavy atom. The van der Waals surface area contributed by atoms with Crippen LogP contribution in [-0.2, 0) is 9.47 Å². The van der Waals surface area contributed by atoms with E-state index in [4.69, 9.17) is 9.47 Å². The van der Waals surface area contributed by atoms with Crippen molar-refractivity contribution in [2.45, 2.75) is 39.5 Å². The summed E-state index contributed by atoms with van der Waals surface area (Å²) in [6.45, 7) is 6.87. The van der Waals surface area contributed by atoms with Crippen molar-refractivity contribution in [1.82, 2.24) is 0 Å². The van der Waals surface area contributed by atoms with Crippen LogP contribution in [-0.4, -0.2) is 19.8 Å². The zero-order chi connectivity index (χ0) is 10.2. The lowest BCUT2D eigenvalue weighted by atomic mass is 9.97. The standard InChI is InChI=1S/C12H22O2/c1-11(2)9-13-7-3-5-12-6-4-8-14-10-12/h9,12H,3-8,10H2,1-2H3. The molecule has 1 aliphatic rings. The Balaban J connectivity index is 1.95. The molecule has 0 aromatic carbocycles. The Labute approximate surface area is 87.3 Å². The van der Waals surface area contributed by atoms with Crippen LogP contribution in [0.5, 0.6) is 0 Å². The van der Waals surface area contributed by atoms with Crippen LogP contribution >= 0.6 is 0 Å². The Bertz CT molecular complexity index is 165. The summed E-state index contributed by atoms with van der Waals surface area (Å²) < 4.78 is 10.8. The Kier molecular flexibility index (Phi) is 5.69. The van der Waals surface area contributed by atoms with Gasteiger partial charge >= 0.3 is 0 Å². The van der Waals surface area contributed by atoms with Gasteiger partial charge in [-0.1, -0.05) is 0 Å². The number of allylic oxidation sites excluding steroid dienone is 1. The molecule has 0 amide bonds. The second kappa shape index (κ2) is 6.88. The van der Waals surface area contributed by atoms with Crippen LogP contribution in [0.3, 0.4) is 0 Å². The second-order valence-electron chi connectivity index (χ2n) is 4.29. The number of hydrogen-bond donors (Lipinski definition) is 0. The van der Waals surface area contributed by atoms with E-state index in [9.17, 15) is 0 Å². The molecule has 1 fully saturated rings. The molecule has 0 aromatic heterocycles. The molecule has 2 nitrogen and oxygen atoms in total. The third-order valence-electron chi connectivity index (χ3n) is 2.45. The molecule has 1 rings (SSSR count). The molecule has 0 spiro atoms. The van der Waals surface area contributed by atoms with Gasteiger partial charge in [0.15, 0.2) is 0 Å². The van der Waals surface area contributed by atoms with E-state index in [0.29, 0.717) is 0 Å². The van der Waals surface area contributed by atoms with E-state index in [1.165, 1.54) is 24.8 Å². The first-order valence-corrected chi connectivity index (χ1v) is 5.62. The van der Waals surface area contributed by atoms with Crippen LogP contribution in [0.1, 0.15) is 39.5 Å². The lowest BCUT2D eigenvalue weighted by Crippen LogP contribution is -2.17. The fourth-order valence-corrected chi connectivity index (χ4v) is 1.72. The maximum Gasteiger partial charge on any atom is 0.0873 e. The van der Waals surface area contributed by atoms with E-state index >= 15 is 0 Å². The summed E-state index contributed by atoms with van der Waals surface area (Å²) in [5.41, 5.74) is 1.23. The fourth-order valence-electron chi connectivity index (χ4n) is 1.72. The van der Waals surface area contributed by atoms with Crippen LogP contribution < -0.4 is 0 Å². The fraction of sp³-hybridized carbons (Fsp3) is 0.833. The molecule has 0 radical (unpaired) electrons. The summed E-state index contributed by atoms with van der Waals surface area (Å²) in [5, 5.41) is 0. The van der Waals surface area contributed by atoms with Crippen LogP contribution in [0.4, 0.5) is 0 Å². The summed E-state index contributed by atoms with van der Waals surface area (Å²) in [7, 11) is 0. The third kappa shape index (κ3) is 5.28. The predicted octanol–water partition coefficient (Wildman–Crippen LogP) is 3.13. The van der Waals surface area contributed by atoms with Crippen molar-refractivity contribution in [3.8, 4) is 0 Å². The van der Waals surface area contributed by atoms with E-state index in [1.807, 2.05) is 6.26 Å². The Morgan fingerprint density at radius 2 is 2.36 bits per heavy atom. The van der Waals surface area contributed by atoms with Crippen LogP contribution in [0.25, 0.3) is 0 Å². The Morgan fingerprint density at radius 1 is 1.50 bits per heavy atom. The van der Waals surface area contributed by atoms with Crippen molar-refractivity contribution in [3.63, 3.8) is 0 Å². The highest BCUT2D eigenvalue weighted by Crippen LogP contribution is 2.18. The molecule has 2 heteroatoms. The number of hydrogen-bond acceptors (Lipinski definition) is 2. The maximum absolute atomic E-state index is 5.42. The summed E-state index contributed by atoms with van der Waals surface area (Å²) in [5.74, 6) is 0.777. The third-order valence-corrected chi connectivity index (χ3v) is 2.45. The van der Waals surface area contributed by atoms with Crippen molar-refractivity contribution < 1.29 is 9.47 Å². The smallest absolute Gasteiger partial charge is 0.0873 e. The molecule has 1 heterocycles. The molecule has 1 unspecified atom stereocenters. The van der Waals surface area contributed by atoms with Crippen molar-refractivity contribution in [2.75, 3.05) is 19.8 Å². The molecule has 0 N–H and O–H groups in total. The average Bonchev–Trinajstić information content (AvgIpc) is 2.18. The maximum atomic E-state index is 5.42. The number of ether oxygens (including phenoxy) is 2. The minimum atomic E-state index is 0.777. The summed E-state index contributed by atoms with van der Waals surface area (Å²) in [4.78, 5) is 0. The van der Waals surface area contributed by atoms with Gasteiger partial charge in [-0.25, -0.2) is 0 Å². The van der Waals surface area contributed by atoms with Gasteiger partial charge in [0, 0.05) is 13.2 Å². The Hall–Kier alpha value is -0.500. The molecular weight excluding hydrogens is 176 g/mol. The first-order chi connectivity index (χ1) is 6.79. The zero-order valence-electron chi connectivity index (χ0n) is 9.42. The lowest BCUT2D eigenvalue weighted by molar-refractivity contribution is 0.0486. The highest BCUT2D eigenvalue weighted by molar-refractivity contribution is 4.86. The quantitative estimate of drug-likeness (QED) is 0.499. The minimum Gasteiger partial charge on any atom is -0.501 e. The van der Waals surface area contributed by atoms with Gasteiger partial charge in [-0.3, -0.25) is 0 Å². The molecule has 14 heavy (non-hydrogen) atoms. The van der Waals surface area contributed by atoms with E-state index < -0.39 is 0 Å². The topological polar surface area (TPSA) is 18.5 Å². The van der Waals surface area contributed by atoms with Crippen molar-refractivity contribution in [1.29, 1.82) is 0 Å². The molecule has 0 aromatic rings. The molecule has 0 bridgehead atoms. The second-order valence-corrected chi connectivity index (χ2v) is 4.29. The average molecular weight is 198 g/mol. The van der Waals surface area contributed by atoms with Gasteiger partial charge in [-0.05, 0) is 51.0 Å². The first kappa shape index (κ1) is 11.6. The van der Waals surface area contributed by atoms with E-state index in [0.717, 1.165) is 32.2 Å². The van der Waals surface area contributed by atoms with Gasteiger partial charge in [-0.2, -0.15) is 0 Å². The van der Waals surface area contributed by atoms with Gasteiger partial charge in [-0.15, -0.1) is 0 Å². The molecule has 0 saturated carbocycles. The van der Waals surface area contributed by atoms with Gasteiger partial charge in [0.2, 0.25) is 0 Å². The first-order valence-electron chi connectivity index (χ1n) is 5.62. The number of rotatable bonds is 5. The highest BCUT2D eigenvalue weighted by Gasteiger charge is 2.12. The van der Waals surface area contributed by atoms with Crippen molar-refractivity contribution in [2.24, 2.45) is 5.92 Å². The van der Waals surface area contributed by atoms with E-state index in [1.54, 1.807) is 0 Å². The van der Waals surface area contributed by atoms with Gasteiger partial charge in [0.05, 0.1) is 12.9 Å². The van der Waals surface area contributed by atoms with E-state index in [-0.39, 0.29) is 0 Å². The highest BCUT2D eigenvalue weighted by atomic mass is 16.5. The van der Waals surface area contributed by atoms with Gasteiger partial charge < -0.3 is 9.47 Å². The lowest BCUT2D eigenvalue weighted by Gasteiger charge is -2.21. The zero-order valence-corrected chi connectivity index (χ0v) is 9.42. The van der Waals surface area contributed by atoms with E-state index in [2.05, 4.69) is 13.8 Å². The van der Waals surface area contributed by atoms with Crippen molar-refractivity contribution in [3.05, 3.63) is 11.8 Å². The molecule has 1 atom stereocenters. The molecular formula is C12H22O2. The van der Waals surface area contributed by atoms with Gasteiger partial charge in [0.25, 0.3) is 0 Å². The van der Waals surface area contributed by atoms with Crippen LogP contribution in [0.15, 0.2) is 11.8 Å². The van der Waals surface area contributed by atoms with Gasteiger partial charge in [0.1, 0.15) is 0 Å². The van der Waals surface area contributed by atoms with Crippen LogP contribution in [0, 0.1) is 5.92 Å². The SMILES string of the molecule is CC(C)=COCCCC1CCCOC1. The predicted molar refractivity (Wildman–Crippen MR) is 58.2 cm³/mol. The normalized spacial score (nSPS) is 21.7. The molecule has 0 aliphatic carbocycles. The largest absolute Gasteiger partial charge is 0.501 e. The minimum absolute atomic E-state index is 0.777. The van der Waals surface area contributed by atoms with Crippen molar-refractivity contribution >= 4 is 0 Å². The van der Waals surface area contributed by atoms with Crippen LogP contribution in [0.2, 0.25) is 0 Å². The molecule has 82 valence electrons. The summed E-state index contributed by atoms with van der Waals surface area (Å²) in [6, 6.07) is 0. The monoisotopic (exact) mass is 198 g/mol. The molecule has 1 saturated heterocycles. The summed E-state index contributed by atoms with van der Waals surface area (Å²) >= 11 is 0. The summed E-state index contributed by atoms with van der Waals surface area (Å²) in [6.07, 6.45) is 6.81. The molecule has 1 aliphatic heterocycles.